The number of hydrogen-bond acceptors (Lipinski definition) is 5. The molecular weight excluding hydrogens is 797 g/mol. The molecule has 0 atom stereocenters. The van der Waals surface area contributed by atoms with Crippen LogP contribution in [0.25, 0.3) is 138 Å². The molecule has 0 bridgehead atoms. The van der Waals surface area contributed by atoms with E-state index in [-0.39, 0.29) is 0 Å². The number of benzene rings is 10. The maximum absolute atomic E-state index is 6.94. The van der Waals surface area contributed by atoms with E-state index < -0.39 is 0 Å². The topological polar surface area (TPSA) is 69.9 Å². The van der Waals surface area contributed by atoms with Gasteiger partial charge in [-0.05, 0) is 87.3 Å². The average molecular weight is 831 g/mol. The summed E-state index contributed by atoms with van der Waals surface area (Å²) in [4.78, 5) is 16.0. The molecule has 302 valence electrons. The molecule has 6 heteroatoms. The zero-order chi connectivity index (χ0) is 42.6. The summed E-state index contributed by atoms with van der Waals surface area (Å²) in [5.41, 5.74) is 11.1. The number of hydrogen-bond donors (Lipinski definition) is 0. The van der Waals surface area contributed by atoms with Gasteiger partial charge in [0.2, 0.25) is 0 Å². The second kappa shape index (κ2) is 13.8. The molecule has 0 saturated heterocycles. The van der Waals surface area contributed by atoms with E-state index in [9.17, 15) is 0 Å². The van der Waals surface area contributed by atoms with E-state index in [0.29, 0.717) is 17.5 Å². The summed E-state index contributed by atoms with van der Waals surface area (Å²) in [6.07, 6.45) is 0. The summed E-state index contributed by atoms with van der Waals surface area (Å²) >= 11 is 0. The van der Waals surface area contributed by atoms with Crippen LogP contribution in [0.3, 0.4) is 0 Å². The minimum Gasteiger partial charge on any atom is -0.456 e. The summed E-state index contributed by atoms with van der Waals surface area (Å²) in [6, 6.07) is 72.2. The van der Waals surface area contributed by atoms with E-state index >= 15 is 0 Å². The summed E-state index contributed by atoms with van der Waals surface area (Å²) in [5.74, 6) is 1.65. The van der Waals surface area contributed by atoms with Crippen molar-refractivity contribution in [2.75, 3.05) is 0 Å². The average Bonchev–Trinajstić information content (AvgIpc) is 4.04. The SMILES string of the molecule is c1ccc(-c2ccc(-c3nc(-c4cc(-n5c6ccccc6c6cc7ccccc7cc65)c5c(c4)oc4cc6ccccc6cc45)nc(-c4cccc5oc6ccccc6c45)n3)cc2)cc1. The molecule has 0 aliphatic carbocycles. The van der Waals surface area contributed by atoms with Crippen LogP contribution in [0.2, 0.25) is 0 Å². The number of rotatable bonds is 5. The van der Waals surface area contributed by atoms with Crippen LogP contribution in [-0.4, -0.2) is 19.5 Å². The van der Waals surface area contributed by atoms with E-state index in [1.54, 1.807) is 0 Å². The van der Waals surface area contributed by atoms with E-state index in [0.717, 1.165) is 99.2 Å². The first-order valence-corrected chi connectivity index (χ1v) is 21.8. The Balaban J connectivity index is 1.07. The molecule has 14 aromatic rings. The Labute approximate surface area is 371 Å². The first-order chi connectivity index (χ1) is 32.2. The third kappa shape index (κ3) is 5.57. The molecule has 0 saturated carbocycles. The third-order valence-corrected chi connectivity index (χ3v) is 13.0. The van der Waals surface area contributed by atoms with Crippen LogP contribution in [0.5, 0.6) is 0 Å². The summed E-state index contributed by atoms with van der Waals surface area (Å²) in [6.45, 7) is 0. The van der Waals surface area contributed by atoms with Crippen LogP contribution >= 0.6 is 0 Å². The third-order valence-electron chi connectivity index (χ3n) is 13.0. The highest BCUT2D eigenvalue weighted by Crippen LogP contribution is 2.43. The van der Waals surface area contributed by atoms with E-state index in [1.807, 2.05) is 36.4 Å². The fourth-order valence-corrected chi connectivity index (χ4v) is 9.95. The normalized spacial score (nSPS) is 12.0. The van der Waals surface area contributed by atoms with Crippen LogP contribution in [0.4, 0.5) is 0 Å². The second-order valence-corrected chi connectivity index (χ2v) is 16.8. The van der Waals surface area contributed by atoms with Crippen molar-refractivity contribution in [1.82, 2.24) is 19.5 Å². The van der Waals surface area contributed by atoms with Gasteiger partial charge in [-0.3, -0.25) is 0 Å². The van der Waals surface area contributed by atoms with Crippen molar-refractivity contribution in [3.05, 3.63) is 206 Å². The summed E-state index contributed by atoms with van der Waals surface area (Å²) in [5, 5.41) is 11.0. The predicted octanol–water partition coefficient (Wildman–Crippen LogP) is 15.7. The fraction of sp³-hybridized carbons (Fsp3) is 0. The molecule has 0 aliphatic heterocycles. The number of para-hydroxylation sites is 2. The molecule has 14 rings (SSSR count). The van der Waals surface area contributed by atoms with Crippen molar-refractivity contribution >= 4 is 87.2 Å². The lowest BCUT2D eigenvalue weighted by molar-refractivity contribution is 0.669. The Morgan fingerprint density at radius 3 is 1.69 bits per heavy atom. The van der Waals surface area contributed by atoms with E-state index in [1.165, 1.54) is 21.5 Å². The largest absolute Gasteiger partial charge is 0.456 e. The maximum Gasteiger partial charge on any atom is 0.164 e. The van der Waals surface area contributed by atoms with Crippen molar-refractivity contribution in [2.45, 2.75) is 0 Å². The zero-order valence-corrected chi connectivity index (χ0v) is 34.7. The molecule has 0 radical (unpaired) electrons. The first kappa shape index (κ1) is 35.7. The maximum atomic E-state index is 6.94. The van der Waals surface area contributed by atoms with Crippen LogP contribution in [0.1, 0.15) is 0 Å². The predicted molar refractivity (Wildman–Crippen MR) is 265 cm³/mol. The van der Waals surface area contributed by atoms with Gasteiger partial charge in [-0.1, -0.05) is 152 Å². The van der Waals surface area contributed by atoms with Gasteiger partial charge in [0.05, 0.1) is 22.1 Å². The Bertz CT molecular complexity index is 4240. The molecule has 10 aromatic carbocycles. The van der Waals surface area contributed by atoms with Gasteiger partial charge < -0.3 is 13.4 Å². The van der Waals surface area contributed by atoms with Crippen LogP contribution < -0.4 is 0 Å². The molecule has 65 heavy (non-hydrogen) atoms. The van der Waals surface area contributed by atoms with Gasteiger partial charge in [0.1, 0.15) is 22.3 Å². The lowest BCUT2D eigenvalue weighted by Crippen LogP contribution is -2.02. The highest BCUT2D eigenvalue weighted by molar-refractivity contribution is 6.19. The van der Waals surface area contributed by atoms with Gasteiger partial charge >= 0.3 is 0 Å². The van der Waals surface area contributed by atoms with Gasteiger partial charge in [-0.15, -0.1) is 0 Å². The standard InChI is InChI=1S/C59H34N4O2/c1-2-13-35(14-3-1)36-25-27-37(28-26-36)57-60-58(62-59(61-57)45-21-12-24-52-55(45)44-20-9-11-23-51(44)64-52)42-32-50(56-47-30-39-16-5-7-18-41(39)33-53(47)65-54(56)34-42)63-48-22-10-8-19-43(48)46-29-38-15-4-6-17-40(38)31-49(46)63/h1-34H. The molecule has 0 N–H and O–H groups in total. The Morgan fingerprint density at radius 1 is 0.308 bits per heavy atom. The van der Waals surface area contributed by atoms with Crippen molar-refractivity contribution in [2.24, 2.45) is 0 Å². The molecule has 0 amide bonds. The number of furan rings is 2. The molecule has 4 aromatic heterocycles. The highest BCUT2D eigenvalue weighted by atomic mass is 16.3. The van der Waals surface area contributed by atoms with Crippen molar-refractivity contribution in [3.63, 3.8) is 0 Å². The zero-order valence-electron chi connectivity index (χ0n) is 34.7. The van der Waals surface area contributed by atoms with Crippen molar-refractivity contribution in [1.29, 1.82) is 0 Å². The van der Waals surface area contributed by atoms with E-state index in [2.05, 4.69) is 174 Å². The van der Waals surface area contributed by atoms with Gasteiger partial charge in [-0.25, -0.2) is 15.0 Å². The highest BCUT2D eigenvalue weighted by Gasteiger charge is 2.23. The monoisotopic (exact) mass is 830 g/mol. The molecule has 0 aliphatic rings. The van der Waals surface area contributed by atoms with Gasteiger partial charge in [0, 0.05) is 43.6 Å². The fourth-order valence-electron chi connectivity index (χ4n) is 9.95. The van der Waals surface area contributed by atoms with Crippen molar-refractivity contribution in [3.8, 4) is 51.0 Å². The Hall–Kier alpha value is -8.87. The number of nitrogens with zero attached hydrogens (tertiary/aromatic N) is 4. The Kier molecular flexibility index (Phi) is 7.59. The lowest BCUT2D eigenvalue weighted by atomic mass is 10.0. The smallest absolute Gasteiger partial charge is 0.164 e. The van der Waals surface area contributed by atoms with Crippen LogP contribution in [-0.2, 0) is 0 Å². The molecule has 0 fully saturated rings. The van der Waals surface area contributed by atoms with Crippen LogP contribution in [0, 0.1) is 0 Å². The molecule has 0 spiro atoms. The quantitative estimate of drug-likeness (QED) is 0.173. The number of aromatic nitrogens is 4. The minimum absolute atomic E-state index is 0.530. The van der Waals surface area contributed by atoms with Gasteiger partial charge in [-0.2, -0.15) is 0 Å². The first-order valence-electron chi connectivity index (χ1n) is 21.8. The van der Waals surface area contributed by atoms with Crippen molar-refractivity contribution < 1.29 is 8.83 Å². The summed E-state index contributed by atoms with van der Waals surface area (Å²) in [7, 11) is 0. The minimum atomic E-state index is 0.530. The lowest BCUT2D eigenvalue weighted by Gasteiger charge is -2.14. The summed E-state index contributed by atoms with van der Waals surface area (Å²) < 4.78 is 15.7. The van der Waals surface area contributed by atoms with Gasteiger partial charge in [0.25, 0.3) is 0 Å². The molecule has 0 unspecified atom stereocenters. The van der Waals surface area contributed by atoms with Crippen LogP contribution in [0.15, 0.2) is 215 Å². The molecule has 6 nitrogen and oxygen atoms in total. The number of fused-ring (bicyclic) bond motifs is 11. The molecular formula is C59H34N4O2. The van der Waals surface area contributed by atoms with Gasteiger partial charge in [0.15, 0.2) is 17.5 Å². The molecule has 4 heterocycles. The Morgan fingerprint density at radius 2 is 0.892 bits per heavy atom. The van der Waals surface area contributed by atoms with E-state index in [4.69, 9.17) is 23.8 Å². The second-order valence-electron chi connectivity index (χ2n) is 16.8.